The highest BCUT2D eigenvalue weighted by Gasteiger charge is 2.58. The minimum Gasteiger partial charge on any atom is -0.469 e. The molecule has 1 atom stereocenters. The highest BCUT2D eigenvalue weighted by Crippen LogP contribution is 2.44. The highest BCUT2D eigenvalue weighted by atomic mass is 16.7. The number of esters is 1. The van der Waals surface area contributed by atoms with Crippen LogP contribution >= 0.6 is 0 Å². The lowest BCUT2D eigenvalue weighted by atomic mass is 9.77. The quantitative estimate of drug-likeness (QED) is 0.504. The van der Waals surface area contributed by atoms with Crippen molar-refractivity contribution in [3.8, 4) is 0 Å². The van der Waals surface area contributed by atoms with Crippen molar-refractivity contribution >= 4 is 22.6 Å². The van der Waals surface area contributed by atoms with Crippen molar-refractivity contribution in [1.82, 2.24) is 9.96 Å². The van der Waals surface area contributed by atoms with E-state index in [0.717, 1.165) is 30.6 Å². The van der Waals surface area contributed by atoms with Crippen molar-refractivity contribution in [1.29, 1.82) is 0 Å². The van der Waals surface area contributed by atoms with Gasteiger partial charge in [-0.05, 0) is 49.1 Å². The Labute approximate surface area is 189 Å². The molecule has 1 amide bonds. The zero-order chi connectivity index (χ0) is 22.7. The topological polar surface area (TPSA) is 59.1 Å². The van der Waals surface area contributed by atoms with Gasteiger partial charge in [0.05, 0.1) is 18.6 Å². The maximum atomic E-state index is 13.0. The Balaban J connectivity index is 1.52. The molecular weight excluding hydrogens is 404 g/mol. The number of fused-ring (bicyclic) bond motifs is 1. The van der Waals surface area contributed by atoms with Crippen molar-refractivity contribution in [3.63, 3.8) is 0 Å². The van der Waals surface area contributed by atoms with E-state index in [4.69, 9.17) is 9.57 Å². The van der Waals surface area contributed by atoms with Crippen LogP contribution in [0.2, 0.25) is 0 Å². The first kappa shape index (κ1) is 22.5. The molecule has 6 nitrogen and oxygen atoms in total. The number of likely N-dealkylation sites (tertiary alicyclic amines) is 1. The number of rotatable bonds is 6. The molecule has 1 spiro atoms. The molecule has 0 aromatic heterocycles. The first-order valence-electron chi connectivity index (χ1n) is 11.3. The minimum atomic E-state index is -0.650. The van der Waals surface area contributed by atoms with Gasteiger partial charge < -0.3 is 4.74 Å². The first-order chi connectivity index (χ1) is 15.4. The fourth-order valence-electron chi connectivity index (χ4n) is 4.94. The van der Waals surface area contributed by atoms with Gasteiger partial charge in [0.15, 0.2) is 0 Å². The largest absolute Gasteiger partial charge is 0.469 e. The summed E-state index contributed by atoms with van der Waals surface area (Å²) in [4.78, 5) is 34.1. The number of hydrogen-bond donors (Lipinski definition) is 0. The predicted octanol–water partition coefficient (Wildman–Crippen LogP) is 4.09. The number of benzene rings is 2. The van der Waals surface area contributed by atoms with Crippen molar-refractivity contribution in [2.45, 2.75) is 45.3 Å². The third kappa shape index (κ3) is 4.43. The van der Waals surface area contributed by atoms with E-state index in [0.29, 0.717) is 12.8 Å². The van der Waals surface area contributed by atoms with Gasteiger partial charge in [-0.15, -0.1) is 0 Å². The molecule has 2 aromatic carbocycles. The SMILES string of the molecule is COC(=O)C1CC(=O)N(OCc2ccc3ccccc3c2)C12CCN(CC=C(C)C)CC2. The molecule has 2 heterocycles. The molecule has 0 radical (unpaired) electrons. The fourth-order valence-corrected chi connectivity index (χ4v) is 4.94. The first-order valence-corrected chi connectivity index (χ1v) is 11.3. The summed E-state index contributed by atoms with van der Waals surface area (Å²) in [7, 11) is 1.39. The van der Waals surface area contributed by atoms with E-state index < -0.39 is 11.5 Å². The third-order valence-electron chi connectivity index (χ3n) is 6.80. The minimum absolute atomic E-state index is 0.137. The van der Waals surface area contributed by atoms with Crippen LogP contribution in [-0.4, -0.2) is 54.1 Å². The number of ether oxygens (including phenoxy) is 1. The number of hydroxylamine groups is 2. The van der Waals surface area contributed by atoms with Crippen molar-refractivity contribution in [3.05, 3.63) is 59.7 Å². The lowest BCUT2D eigenvalue weighted by Gasteiger charge is -2.45. The third-order valence-corrected chi connectivity index (χ3v) is 6.80. The van der Waals surface area contributed by atoms with E-state index >= 15 is 0 Å². The van der Waals surface area contributed by atoms with Crippen molar-refractivity contribution in [2.75, 3.05) is 26.7 Å². The molecule has 0 aliphatic carbocycles. The number of carbonyl (C=O) groups is 2. The average Bonchev–Trinajstić information content (AvgIpc) is 3.07. The summed E-state index contributed by atoms with van der Waals surface area (Å²) in [5.74, 6) is -0.964. The van der Waals surface area contributed by atoms with Gasteiger partial charge in [-0.2, -0.15) is 0 Å². The molecule has 2 saturated heterocycles. The number of amides is 1. The van der Waals surface area contributed by atoms with E-state index in [9.17, 15) is 9.59 Å². The Morgan fingerprint density at radius 3 is 2.53 bits per heavy atom. The molecule has 32 heavy (non-hydrogen) atoms. The van der Waals surface area contributed by atoms with E-state index in [-0.39, 0.29) is 24.9 Å². The summed E-state index contributed by atoms with van der Waals surface area (Å²) in [5, 5.41) is 3.82. The second-order valence-electron chi connectivity index (χ2n) is 9.11. The molecule has 0 bridgehead atoms. The van der Waals surface area contributed by atoms with Crippen LogP contribution in [-0.2, 0) is 25.8 Å². The van der Waals surface area contributed by atoms with Crippen LogP contribution in [0.3, 0.4) is 0 Å². The summed E-state index contributed by atoms with van der Waals surface area (Å²) in [6.45, 7) is 6.97. The van der Waals surface area contributed by atoms with Crippen molar-refractivity contribution < 1.29 is 19.2 Å². The van der Waals surface area contributed by atoms with E-state index in [1.54, 1.807) is 0 Å². The molecule has 2 aliphatic heterocycles. The normalized spacial score (nSPS) is 20.7. The van der Waals surface area contributed by atoms with Gasteiger partial charge in [-0.25, -0.2) is 5.06 Å². The van der Waals surface area contributed by atoms with Gasteiger partial charge in [-0.1, -0.05) is 48.0 Å². The van der Waals surface area contributed by atoms with Crippen LogP contribution in [0.15, 0.2) is 54.1 Å². The number of carbonyl (C=O) groups excluding carboxylic acids is 2. The summed E-state index contributed by atoms with van der Waals surface area (Å²) in [6.07, 6.45) is 3.72. The van der Waals surface area contributed by atoms with Crippen LogP contribution in [0.1, 0.15) is 38.7 Å². The summed E-state index contributed by atoms with van der Waals surface area (Å²) < 4.78 is 5.08. The fraction of sp³-hybridized carbons (Fsp3) is 0.462. The number of piperidine rings is 1. The van der Waals surface area contributed by atoms with Crippen LogP contribution in [0.5, 0.6) is 0 Å². The van der Waals surface area contributed by atoms with Crippen LogP contribution in [0, 0.1) is 5.92 Å². The van der Waals surface area contributed by atoms with Crippen LogP contribution in [0.25, 0.3) is 10.8 Å². The Bertz CT molecular complexity index is 1020. The van der Waals surface area contributed by atoms with Crippen LogP contribution < -0.4 is 0 Å². The summed E-state index contributed by atoms with van der Waals surface area (Å²) in [6, 6.07) is 14.3. The molecule has 170 valence electrons. The predicted molar refractivity (Wildman–Crippen MR) is 124 cm³/mol. The maximum absolute atomic E-state index is 13.0. The Hall–Kier alpha value is -2.70. The average molecular weight is 437 g/mol. The Morgan fingerprint density at radius 2 is 1.84 bits per heavy atom. The molecule has 2 aliphatic rings. The lowest BCUT2D eigenvalue weighted by Crippen LogP contribution is -2.57. The number of allylic oxidation sites excluding steroid dienone is 1. The monoisotopic (exact) mass is 436 g/mol. The second-order valence-corrected chi connectivity index (χ2v) is 9.11. The maximum Gasteiger partial charge on any atom is 0.311 e. The van der Waals surface area contributed by atoms with Gasteiger partial charge in [-0.3, -0.25) is 19.3 Å². The molecular formula is C26H32N2O4. The second kappa shape index (κ2) is 9.43. The molecule has 0 saturated carbocycles. The molecule has 2 fully saturated rings. The van der Waals surface area contributed by atoms with Gasteiger partial charge >= 0.3 is 5.97 Å². The molecule has 1 unspecified atom stereocenters. The van der Waals surface area contributed by atoms with Gasteiger partial charge in [0.25, 0.3) is 0 Å². The zero-order valence-corrected chi connectivity index (χ0v) is 19.2. The van der Waals surface area contributed by atoms with E-state index in [2.05, 4.69) is 49.1 Å². The smallest absolute Gasteiger partial charge is 0.311 e. The van der Waals surface area contributed by atoms with Crippen molar-refractivity contribution in [2.24, 2.45) is 5.92 Å². The summed E-state index contributed by atoms with van der Waals surface area (Å²) in [5.41, 5.74) is 1.63. The van der Waals surface area contributed by atoms with E-state index in [1.807, 2.05) is 18.2 Å². The number of hydrogen-bond acceptors (Lipinski definition) is 5. The summed E-state index contributed by atoms with van der Waals surface area (Å²) >= 11 is 0. The number of methoxy groups -OCH3 is 1. The standard InChI is InChI=1S/C26H32N2O4/c1-19(2)10-13-27-14-11-26(12-15-27)23(25(30)31-3)17-24(29)28(26)32-18-20-8-9-21-6-4-5-7-22(21)16-20/h4-10,16,23H,11-15,17-18H2,1-3H3. The Kier molecular flexibility index (Phi) is 6.63. The van der Waals surface area contributed by atoms with Gasteiger partial charge in [0.1, 0.15) is 6.61 Å². The molecule has 0 N–H and O–H groups in total. The highest BCUT2D eigenvalue weighted by molar-refractivity contribution is 5.88. The lowest BCUT2D eigenvalue weighted by molar-refractivity contribution is -0.229. The van der Waals surface area contributed by atoms with Crippen LogP contribution in [0.4, 0.5) is 0 Å². The molecule has 2 aromatic rings. The van der Waals surface area contributed by atoms with E-state index in [1.165, 1.54) is 23.1 Å². The van der Waals surface area contributed by atoms with Gasteiger partial charge in [0, 0.05) is 26.1 Å². The molecule has 6 heteroatoms. The van der Waals surface area contributed by atoms with Gasteiger partial charge in [0.2, 0.25) is 5.91 Å². The Morgan fingerprint density at radius 1 is 1.12 bits per heavy atom. The molecule has 4 rings (SSSR count). The zero-order valence-electron chi connectivity index (χ0n) is 19.2. The number of nitrogens with zero attached hydrogens (tertiary/aromatic N) is 2.